The van der Waals surface area contributed by atoms with Crippen molar-refractivity contribution in [3.05, 3.63) is 47.8 Å². The van der Waals surface area contributed by atoms with E-state index in [1.54, 1.807) is 6.92 Å². The Hall–Kier alpha value is -3.76. The molecule has 3 atom stereocenters. The maximum atomic E-state index is 14.4. The Balaban J connectivity index is 2.31. The maximum Gasteiger partial charge on any atom is 0.329 e. The second kappa shape index (κ2) is 15.1. The molecule has 0 fully saturated rings. The first-order chi connectivity index (χ1) is 18.9. The third-order valence-electron chi connectivity index (χ3n) is 6.28. The van der Waals surface area contributed by atoms with Crippen LogP contribution in [-0.2, 0) is 14.3 Å². The topological polar surface area (TPSA) is 113 Å². The number of rotatable bonds is 14. The number of hydrogen-bond donors (Lipinski definition) is 1. The molecule has 0 aliphatic heterocycles. The van der Waals surface area contributed by atoms with Crippen molar-refractivity contribution in [2.75, 3.05) is 7.11 Å². The average Bonchev–Trinajstić information content (AvgIpc) is 2.89. The van der Waals surface area contributed by atoms with Crippen LogP contribution in [0, 0.1) is 23.5 Å². The van der Waals surface area contributed by atoms with Crippen LogP contribution in [0.5, 0.6) is 17.2 Å². The molecule has 1 amide bonds. The number of methoxy groups -OCH3 is 1. The molecule has 2 rings (SSSR count). The SMILES string of the molecule is CCC(CC)[C@H](Oc1cc(F)ccc1F)[C@H](C)OC(=O)[C@H](CC(C)C)NC(=O)c1nccc(OC)c1OC(C)=O. The van der Waals surface area contributed by atoms with E-state index in [2.05, 4.69) is 10.3 Å². The summed E-state index contributed by atoms with van der Waals surface area (Å²) in [6, 6.07) is 3.23. The second-order valence-corrected chi connectivity index (χ2v) is 9.82. The molecule has 0 spiro atoms. The normalized spacial score (nSPS) is 13.4. The molecule has 0 aliphatic rings. The van der Waals surface area contributed by atoms with Crippen LogP contribution < -0.4 is 19.5 Å². The molecule has 0 unspecified atom stereocenters. The van der Waals surface area contributed by atoms with Gasteiger partial charge in [-0.3, -0.25) is 9.59 Å². The van der Waals surface area contributed by atoms with E-state index in [1.165, 1.54) is 26.3 Å². The van der Waals surface area contributed by atoms with Crippen LogP contribution in [0.4, 0.5) is 8.78 Å². The Kier molecular flexibility index (Phi) is 12.3. The van der Waals surface area contributed by atoms with Crippen LogP contribution in [0.1, 0.15) is 71.3 Å². The summed E-state index contributed by atoms with van der Waals surface area (Å²) in [6.45, 7) is 10.4. The van der Waals surface area contributed by atoms with Gasteiger partial charge >= 0.3 is 11.9 Å². The highest BCUT2D eigenvalue weighted by atomic mass is 19.1. The zero-order chi connectivity index (χ0) is 30.0. The zero-order valence-corrected chi connectivity index (χ0v) is 24.0. The molecule has 1 heterocycles. The smallest absolute Gasteiger partial charge is 0.329 e. The van der Waals surface area contributed by atoms with E-state index in [-0.39, 0.29) is 41.2 Å². The molecule has 40 heavy (non-hydrogen) atoms. The minimum atomic E-state index is -1.10. The van der Waals surface area contributed by atoms with E-state index in [9.17, 15) is 23.2 Å². The minimum Gasteiger partial charge on any atom is -0.493 e. The number of nitrogens with one attached hydrogen (secondary N) is 1. The van der Waals surface area contributed by atoms with Crippen LogP contribution in [0.2, 0.25) is 0 Å². The van der Waals surface area contributed by atoms with Crippen molar-refractivity contribution in [1.82, 2.24) is 10.3 Å². The quantitative estimate of drug-likeness (QED) is 0.310. The van der Waals surface area contributed by atoms with E-state index in [0.29, 0.717) is 12.8 Å². The molecular formula is C29H38F2N2O7. The fraction of sp³-hybridized carbons (Fsp3) is 0.517. The Morgan fingerprint density at radius 2 is 1.70 bits per heavy atom. The first kappa shape index (κ1) is 32.5. The lowest BCUT2D eigenvalue weighted by Crippen LogP contribution is -2.47. The number of halogens is 2. The highest BCUT2D eigenvalue weighted by Gasteiger charge is 2.34. The number of amides is 1. The van der Waals surface area contributed by atoms with Gasteiger partial charge in [-0.15, -0.1) is 0 Å². The van der Waals surface area contributed by atoms with Gasteiger partial charge in [-0.25, -0.2) is 18.6 Å². The number of carbonyl (C=O) groups is 3. The lowest BCUT2D eigenvalue weighted by molar-refractivity contribution is -0.157. The standard InChI is InChI=1S/C29H38F2N2O7/c1-8-19(9-2)26(40-24-15-20(30)10-11-21(24)31)17(5)38-29(36)22(14-16(3)4)33-28(35)25-27(39-18(6)34)23(37-7)12-13-32-25/h10-13,15-17,19,22,26H,8-9,14H2,1-7H3,(H,33,35)/t17-,22-,26+/m0/s1. The fourth-order valence-corrected chi connectivity index (χ4v) is 4.28. The number of ether oxygens (including phenoxy) is 4. The van der Waals surface area contributed by atoms with Crippen LogP contribution in [0.25, 0.3) is 0 Å². The largest absolute Gasteiger partial charge is 0.493 e. The molecule has 0 radical (unpaired) electrons. The van der Waals surface area contributed by atoms with E-state index < -0.39 is 47.7 Å². The number of aromatic nitrogens is 1. The molecule has 2 aromatic rings. The Morgan fingerprint density at radius 3 is 2.27 bits per heavy atom. The van der Waals surface area contributed by atoms with Gasteiger partial charge in [-0.05, 0) is 50.2 Å². The lowest BCUT2D eigenvalue weighted by Gasteiger charge is -2.32. The molecule has 0 bridgehead atoms. The molecule has 0 saturated heterocycles. The Bertz CT molecular complexity index is 1170. The number of esters is 2. The lowest BCUT2D eigenvalue weighted by atomic mass is 9.93. The second-order valence-electron chi connectivity index (χ2n) is 9.82. The molecular weight excluding hydrogens is 526 g/mol. The van der Waals surface area contributed by atoms with E-state index >= 15 is 0 Å². The summed E-state index contributed by atoms with van der Waals surface area (Å²) >= 11 is 0. The van der Waals surface area contributed by atoms with Crippen LogP contribution >= 0.6 is 0 Å². The first-order valence-electron chi connectivity index (χ1n) is 13.3. The number of carbonyl (C=O) groups excluding carboxylic acids is 3. The summed E-state index contributed by atoms with van der Waals surface area (Å²) in [6.07, 6.45) is 1.12. The summed E-state index contributed by atoms with van der Waals surface area (Å²) in [5.74, 6) is -4.13. The average molecular weight is 565 g/mol. The predicted molar refractivity (Wildman–Crippen MR) is 143 cm³/mol. The van der Waals surface area contributed by atoms with Crippen LogP contribution in [0.3, 0.4) is 0 Å². The van der Waals surface area contributed by atoms with Crippen molar-refractivity contribution in [2.45, 2.75) is 79.1 Å². The molecule has 11 heteroatoms. The van der Waals surface area contributed by atoms with Crippen molar-refractivity contribution in [3.63, 3.8) is 0 Å². The van der Waals surface area contributed by atoms with E-state index in [0.717, 1.165) is 18.2 Å². The summed E-state index contributed by atoms with van der Waals surface area (Å²) < 4.78 is 50.1. The highest BCUT2D eigenvalue weighted by Crippen LogP contribution is 2.30. The molecule has 0 saturated carbocycles. The van der Waals surface area contributed by atoms with Crippen molar-refractivity contribution in [2.24, 2.45) is 11.8 Å². The van der Waals surface area contributed by atoms with Crippen molar-refractivity contribution in [1.29, 1.82) is 0 Å². The zero-order valence-electron chi connectivity index (χ0n) is 24.0. The highest BCUT2D eigenvalue weighted by molar-refractivity contribution is 5.98. The summed E-state index contributed by atoms with van der Waals surface area (Å²) in [5.41, 5.74) is -0.246. The van der Waals surface area contributed by atoms with Crippen molar-refractivity contribution >= 4 is 17.8 Å². The van der Waals surface area contributed by atoms with E-state index in [1.807, 2.05) is 27.7 Å². The first-order valence-corrected chi connectivity index (χ1v) is 13.3. The van der Waals surface area contributed by atoms with Crippen LogP contribution in [-0.4, -0.2) is 48.2 Å². The van der Waals surface area contributed by atoms with Gasteiger partial charge in [0, 0.05) is 25.3 Å². The van der Waals surface area contributed by atoms with E-state index in [4.69, 9.17) is 18.9 Å². The molecule has 1 aromatic carbocycles. The van der Waals surface area contributed by atoms with Gasteiger partial charge in [-0.1, -0.05) is 27.7 Å². The summed E-state index contributed by atoms with van der Waals surface area (Å²) in [5, 5.41) is 2.62. The van der Waals surface area contributed by atoms with Crippen LogP contribution in [0.15, 0.2) is 30.5 Å². The number of hydrogen-bond acceptors (Lipinski definition) is 8. The predicted octanol–water partition coefficient (Wildman–Crippen LogP) is 5.25. The van der Waals surface area contributed by atoms with Gasteiger partial charge in [0.05, 0.1) is 7.11 Å². The number of benzene rings is 1. The molecule has 9 nitrogen and oxygen atoms in total. The van der Waals surface area contributed by atoms with Gasteiger partial charge in [0.25, 0.3) is 5.91 Å². The van der Waals surface area contributed by atoms with Crippen molar-refractivity contribution in [3.8, 4) is 17.2 Å². The number of pyridine rings is 1. The fourth-order valence-electron chi connectivity index (χ4n) is 4.28. The third kappa shape index (κ3) is 8.89. The third-order valence-corrected chi connectivity index (χ3v) is 6.28. The van der Waals surface area contributed by atoms with Gasteiger partial charge < -0.3 is 24.3 Å². The van der Waals surface area contributed by atoms with Gasteiger partial charge in [0.1, 0.15) is 24.1 Å². The Morgan fingerprint density at radius 1 is 1.02 bits per heavy atom. The van der Waals surface area contributed by atoms with Crippen molar-refractivity contribution < 1.29 is 42.1 Å². The van der Waals surface area contributed by atoms with Gasteiger partial charge in [0.2, 0.25) is 5.75 Å². The maximum absolute atomic E-state index is 14.4. The monoisotopic (exact) mass is 564 g/mol. The Labute approximate surface area is 233 Å². The summed E-state index contributed by atoms with van der Waals surface area (Å²) in [4.78, 5) is 42.2. The van der Waals surface area contributed by atoms with Gasteiger partial charge in [0.15, 0.2) is 23.0 Å². The van der Waals surface area contributed by atoms with Gasteiger partial charge in [-0.2, -0.15) is 0 Å². The summed E-state index contributed by atoms with van der Waals surface area (Å²) in [7, 11) is 1.35. The molecule has 0 aliphatic carbocycles. The molecule has 220 valence electrons. The minimum absolute atomic E-state index is 0.0215. The molecule has 1 aromatic heterocycles. The molecule has 1 N–H and O–H groups in total. The number of nitrogens with zero attached hydrogens (tertiary/aromatic N) is 1.